The van der Waals surface area contributed by atoms with E-state index >= 15 is 0 Å². The van der Waals surface area contributed by atoms with Crippen molar-refractivity contribution in [3.8, 4) is 0 Å². The second kappa shape index (κ2) is 14.2. The van der Waals surface area contributed by atoms with Crippen LogP contribution in [0.2, 0.25) is 10.0 Å². The van der Waals surface area contributed by atoms with E-state index in [1.165, 1.54) is 29.8 Å². The third-order valence-electron chi connectivity index (χ3n) is 8.00. The molecule has 2 atom stereocenters. The van der Waals surface area contributed by atoms with Crippen LogP contribution in [0.1, 0.15) is 18.4 Å². The van der Waals surface area contributed by atoms with Crippen molar-refractivity contribution in [3.05, 3.63) is 103 Å². The van der Waals surface area contributed by atoms with E-state index in [0.717, 1.165) is 56.9 Å². The second-order valence-electron chi connectivity index (χ2n) is 10.9. The number of hydrogen-bond donors (Lipinski definition) is 0. The normalized spacial score (nSPS) is 18.8. The number of anilines is 2. The maximum Gasteiger partial charge on any atom is 0.271 e. The first-order valence-electron chi connectivity index (χ1n) is 13.8. The molecule has 0 spiro atoms. The van der Waals surface area contributed by atoms with E-state index in [1.807, 2.05) is 20.2 Å². The van der Waals surface area contributed by atoms with Gasteiger partial charge in [0.15, 0.2) is 0 Å². The van der Waals surface area contributed by atoms with Crippen molar-refractivity contribution in [1.29, 1.82) is 0 Å². The monoisotopic (exact) mass is 614 g/mol. The molecule has 0 saturated carbocycles. The number of halogens is 2. The van der Waals surface area contributed by atoms with E-state index in [2.05, 4.69) is 50.9 Å². The lowest BCUT2D eigenvalue weighted by Crippen LogP contribution is -2.34. The van der Waals surface area contributed by atoms with E-state index in [9.17, 15) is 20.2 Å². The first-order chi connectivity index (χ1) is 20.0. The van der Waals surface area contributed by atoms with Gasteiger partial charge < -0.3 is 14.7 Å². The molecule has 0 radical (unpaired) electrons. The molecule has 42 heavy (non-hydrogen) atoms. The SMILES string of the molecule is CN(c1ccc([N+](=O)[O-])cc1Cl)C1CCN(Cc2ccccc2)C1.CN1CCC(N(C)c2ccc([N+](=O)[O-])cc2Cl)C1. The van der Waals surface area contributed by atoms with Gasteiger partial charge in [0, 0.05) is 76.6 Å². The van der Waals surface area contributed by atoms with Crippen LogP contribution in [0.4, 0.5) is 22.7 Å². The summed E-state index contributed by atoms with van der Waals surface area (Å²) in [5, 5.41) is 22.3. The number of hydrogen-bond acceptors (Lipinski definition) is 8. The quantitative estimate of drug-likeness (QED) is 0.214. The number of rotatable bonds is 8. The minimum absolute atomic E-state index is 0.0225. The fraction of sp³-hybridized carbons (Fsp3) is 0.400. The van der Waals surface area contributed by atoms with Gasteiger partial charge in [-0.05, 0) is 44.1 Å². The number of nitrogens with zero attached hydrogens (tertiary/aromatic N) is 6. The van der Waals surface area contributed by atoms with Gasteiger partial charge in [-0.15, -0.1) is 0 Å². The molecule has 3 aromatic carbocycles. The highest BCUT2D eigenvalue weighted by molar-refractivity contribution is 6.33. The van der Waals surface area contributed by atoms with Crippen molar-refractivity contribution in [2.75, 3.05) is 57.1 Å². The summed E-state index contributed by atoms with van der Waals surface area (Å²) in [6.07, 6.45) is 2.14. The van der Waals surface area contributed by atoms with Crippen LogP contribution in [-0.2, 0) is 6.54 Å². The van der Waals surface area contributed by atoms with E-state index in [4.69, 9.17) is 23.2 Å². The minimum Gasteiger partial charge on any atom is -0.369 e. The zero-order chi connectivity index (χ0) is 30.4. The summed E-state index contributed by atoms with van der Waals surface area (Å²) in [5.41, 5.74) is 3.06. The van der Waals surface area contributed by atoms with Crippen molar-refractivity contribution in [3.63, 3.8) is 0 Å². The van der Waals surface area contributed by atoms with E-state index < -0.39 is 9.85 Å². The molecule has 224 valence electrons. The van der Waals surface area contributed by atoms with Gasteiger partial charge in [0.2, 0.25) is 0 Å². The third-order valence-corrected chi connectivity index (χ3v) is 8.61. The number of likely N-dealkylation sites (tertiary alicyclic amines) is 2. The molecular formula is C30H36Cl2N6O4. The van der Waals surface area contributed by atoms with Crippen LogP contribution < -0.4 is 9.80 Å². The van der Waals surface area contributed by atoms with E-state index in [-0.39, 0.29) is 11.4 Å². The van der Waals surface area contributed by atoms with Crippen molar-refractivity contribution in [1.82, 2.24) is 9.80 Å². The van der Waals surface area contributed by atoms with Gasteiger partial charge in [0.25, 0.3) is 11.4 Å². The van der Waals surface area contributed by atoms with Gasteiger partial charge in [0.05, 0.1) is 31.3 Å². The molecule has 0 amide bonds. The van der Waals surface area contributed by atoms with E-state index in [0.29, 0.717) is 22.1 Å². The molecule has 5 rings (SSSR count). The van der Waals surface area contributed by atoms with Crippen LogP contribution in [-0.4, -0.2) is 79.1 Å². The van der Waals surface area contributed by atoms with Crippen LogP contribution in [0.15, 0.2) is 66.7 Å². The molecule has 3 aromatic rings. The molecule has 10 nitrogen and oxygen atoms in total. The van der Waals surface area contributed by atoms with Gasteiger partial charge >= 0.3 is 0 Å². The molecule has 0 N–H and O–H groups in total. The fourth-order valence-corrected chi connectivity index (χ4v) is 6.14. The lowest BCUT2D eigenvalue weighted by Gasteiger charge is -2.27. The summed E-state index contributed by atoms with van der Waals surface area (Å²) >= 11 is 12.4. The van der Waals surface area contributed by atoms with Crippen molar-refractivity contribution >= 4 is 46.0 Å². The summed E-state index contributed by atoms with van der Waals surface area (Å²) in [6.45, 7) is 5.00. The molecule has 2 heterocycles. The predicted octanol–water partition coefficient (Wildman–Crippen LogP) is 6.35. The average molecular weight is 616 g/mol. The Morgan fingerprint density at radius 1 is 0.786 bits per heavy atom. The Balaban J connectivity index is 0.000000201. The van der Waals surface area contributed by atoms with Crippen LogP contribution in [0, 0.1) is 20.2 Å². The summed E-state index contributed by atoms with van der Waals surface area (Å²) in [6, 6.07) is 20.5. The minimum atomic E-state index is -0.432. The molecular weight excluding hydrogens is 579 g/mol. The zero-order valence-corrected chi connectivity index (χ0v) is 25.5. The number of nitro groups is 2. The molecule has 2 aliphatic heterocycles. The number of nitro benzene ring substituents is 2. The number of non-ortho nitro benzene ring substituents is 2. The molecule has 2 unspecified atom stereocenters. The molecule has 0 aliphatic carbocycles. The van der Waals surface area contributed by atoms with Crippen molar-refractivity contribution in [2.45, 2.75) is 31.5 Å². The summed E-state index contributed by atoms with van der Waals surface area (Å²) < 4.78 is 0. The lowest BCUT2D eigenvalue weighted by molar-refractivity contribution is -0.385. The van der Waals surface area contributed by atoms with E-state index in [1.54, 1.807) is 12.1 Å². The maximum absolute atomic E-state index is 10.8. The molecule has 0 aromatic heterocycles. The largest absolute Gasteiger partial charge is 0.369 e. The van der Waals surface area contributed by atoms with Crippen LogP contribution in [0.3, 0.4) is 0 Å². The molecule has 0 bridgehead atoms. The number of benzene rings is 3. The van der Waals surface area contributed by atoms with Crippen LogP contribution in [0.25, 0.3) is 0 Å². The Morgan fingerprint density at radius 2 is 1.29 bits per heavy atom. The average Bonchev–Trinajstić information content (AvgIpc) is 3.62. The Labute approximate surface area is 256 Å². The highest BCUT2D eigenvalue weighted by Gasteiger charge is 2.28. The lowest BCUT2D eigenvalue weighted by atomic mass is 10.2. The molecule has 2 fully saturated rings. The van der Waals surface area contributed by atoms with Crippen LogP contribution >= 0.6 is 23.2 Å². The fourth-order valence-electron chi connectivity index (χ4n) is 5.53. The number of likely N-dealkylation sites (N-methyl/N-ethyl adjacent to an activating group) is 3. The maximum atomic E-state index is 10.8. The molecule has 2 aliphatic rings. The highest BCUT2D eigenvalue weighted by atomic mass is 35.5. The van der Waals surface area contributed by atoms with Gasteiger partial charge in [-0.3, -0.25) is 25.1 Å². The van der Waals surface area contributed by atoms with Crippen molar-refractivity contribution in [2.24, 2.45) is 0 Å². The predicted molar refractivity (Wildman–Crippen MR) is 169 cm³/mol. The van der Waals surface area contributed by atoms with Gasteiger partial charge in [-0.2, -0.15) is 0 Å². The van der Waals surface area contributed by atoms with Gasteiger partial charge in [0.1, 0.15) is 0 Å². The third kappa shape index (κ3) is 7.89. The van der Waals surface area contributed by atoms with Crippen molar-refractivity contribution < 1.29 is 9.85 Å². The van der Waals surface area contributed by atoms with Crippen LogP contribution in [0.5, 0.6) is 0 Å². The summed E-state index contributed by atoms with van der Waals surface area (Å²) in [5.74, 6) is 0. The Bertz CT molecular complexity index is 1400. The zero-order valence-electron chi connectivity index (χ0n) is 24.0. The van der Waals surface area contributed by atoms with Gasteiger partial charge in [-0.1, -0.05) is 53.5 Å². The smallest absolute Gasteiger partial charge is 0.271 e. The Morgan fingerprint density at radius 3 is 1.74 bits per heavy atom. The van der Waals surface area contributed by atoms with Gasteiger partial charge in [-0.25, -0.2) is 0 Å². The Hall–Kier alpha value is -3.44. The molecule has 2 saturated heterocycles. The first kappa shape index (κ1) is 31.5. The highest BCUT2D eigenvalue weighted by Crippen LogP contribution is 2.33. The Kier molecular flexibility index (Phi) is 10.6. The topological polar surface area (TPSA) is 99.2 Å². The summed E-state index contributed by atoms with van der Waals surface area (Å²) in [7, 11) is 6.08. The summed E-state index contributed by atoms with van der Waals surface area (Å²) in [4.78, 5) is 29.6. The molecule has 12 heteroatoms. The standard InChI is InChI=1S/C18H20ClN3O2.C12H16ClN3O2/c1-20(18-8-7-15(22(23)24)11-17(18)19)16-9-10-21(13-16)12-14-5-3-2-4-6-14;1-14-6-5-10(8-14)15(2)12-4-3-9(16(17)18)7-11(12)13/h2-8,11,16H,9-10,12-13H2,1H3;3-4,7,10H,5-6,8H2,1-2H3. The second-order valence-corrected chi connectivity index (χ2v) is 11.7. The first-order valence-corrected chi connectivity index (χ1v) is 14.6.